The van der Waals surface area contributed by atoms with Crippen LogP contribution in [0.1, 0.15) is 0 Å². The maximum Gasteiger partial charge on any atom is 0.327 e. The summed E-state index contributed by atoms with van der Waals surface area (Å²) in [6.07, 6.45) is 0. The van der Waals surface area contributed by atoms with E-state index < -0.39 is 12.0 Å². The summed E-state index contributed by atoms with van der Waals surface area (Å²) in [5.41, 5.74) is 0. The number of rotatable bonds is 1. The van der Waals surface area contributed by atoms with Crippen LogP contribution in [-0.4, -0.2) is 82.1 Å². The third kappa shape index (κ3) is 2.38. The summed E-state index contributed by atoms with van der Waals surface area (Å²) in [5.74, 6) is -0.332. The van der Waals surface area contributed by atoms with Gasteiger partial charge in [0.25, 0.3) is 0 Å². The van der Waals surface area contributed by atoms with E-state index in [2.05, 4.69) is 0 Å². The zero-order valence-corrected chi connectivity index (χ0v) is 10.9. The standard InChI is InChI=1S/C10H15N3O4S/c1-11-2-3-12(4-8(11)14)10(17)13-6-18-5-7(13)9(15)16/h7H,2-6H2,1H3,(H,15,16). The van der Waals surface area contributed by atoms with E-state index in [1.807, 2.05) is 0 Å². The highest BCUT2D eigenvalue weighted by atomic mass is 32.2. The Morgan fingerprint density at radius 3 is 2.72 bits per heavy atom. The van der Waals surface area contributed by atoms with Gasteiger partial charge < -0.3 is 19.8 Å². The van der Waals surface area contributed by atoms with Gasteiger partial charge in [0.05, 0.1) is 5.88 Å². The third-order valence-corrected chi connectivity index (χ3v) is 4.15. The van der Waals surface area contributed by atoms with Crippen molar-refractivity contribution < 1.29 is 19.5 Å². The highest BCUT2D eigenvalue weighted by Crippen LogP contribution is 2.23. The highest BCUT2D eigenvalue weighted by molar-refractivity contribution is 7.99. The predicted octanol–water partition coefficient (Wildman–Crippen LogP) is -0.660. The van der Waals surface area contributed by atoms with Gasteiger partial charge >= 0.3 is 12.0 Å². The first-order valence-electron chi connectivity index (χ1n) is 5.60. The van der Waals surface area contributed by atoms with Crippen LogP contribution in [0.25, 0.3) is 0 Å². The average Bonchev–Trinajstić information content (AvgIpc) is 2.81. The van der Waals surface area contributed by atoms with Crippen LogP contribution in [0.15, 0.2) is 0 Å². The van der Waals surface area contributed by atoms with Crippen molar-refractivity contribution in [3.8, 4) is 0 Å². The number of carboxylic acids is 1. The molecule has 0 spiro atoms. The summed E-state index contributed by atoms with van der Waals surface area (Å²) >= 11 is 1.41. The molecule has 0 radical (unpaired) electrons. The number of hydrogen-bond donors (Lipinski definition) is 1. The van der Waals surface area contributed by atoms with Gasteiger partial charge in [0, 0.05) is 25.9 Å². The molecule has 2 aliphatic heterocycles. The number of amides is 3. The summed E-state index contributed by atoms with van der Waals surface area (Å²) in [4.78, 5) is 39.0. The smallest absolute Gasteiger partial charge is 0.327 e. The molecule has 2 heterocycles. The monoisotopic (exact) mass is 273 g/mol. The largest absolute Gasteiger partial charge is 0.480 e. The molecule has 2 rings (SSSR count). The molecular formula is C10H15N3O4S. The predicted molar refractivity (Wildman–Crippen MR) is 65.2 cm³/mol. The molecule has 1 N–H and O–H groups in total. The van der Waals surface area contributed by atoms with Crippen molar-refractivity contribution in [1.29, 1.82) is 0 Å². The Morgan fingerprint density at radius 2 is 2.11 bits per heavy atom. The molecule has 0 aromatic rings. The number of carboxylic acid groups (broad SMARTS) is 1. The lowest BCUT2D eigenvalue weighted by atomic mass is 10.3. The molecule has 100 valence electrons. The van der Waals surface area contributed by atoms with Crippen LogP contribution < -0.4 is 0 Å². The minimum absolute atomic E-state index is 0.0306. The van der Waals surface area contributed by atoms with Gasteiger partial charge in [-0.1, -0.05) is 0 Å². The number of aliphatic carboxylic acids is 1. The maximum absolute atomic E-state index is 12.2. The van der Waals surface area contributed by atoms with E-state index >= 15 is 0 Å². The van der Waals surface area contributed by atoms with Gasteiger partial charge in [-0.3, -0.25) is 4.79 Å². The molecule has 18 heavy (non-hydrogen) atoms. The van der Waals surface area contributed by atoms with Crippen LogP contribution in [0.2, 0.25) is 0 Å². The first kappa shape index (κ1) is 13.0. The lowest BCUT2D eigenvalue weighted by Crippen LogP contribution is -2.56. The maximum atomic E-state index is 12.2. The lowest BCUT2D eigenvalue weighted by Gasteiger charge is -2.35. The third-order valence-electron chi connectivity index (χ3n) is 3.14. The number of likely N-dealkylation sites (N-methyl/N-ethyl adjacent to an activating group) is 1. The number of nitrogens with zero attached hydrogens (tertiary/aromatic N) is 3. The molecule has 2 saturated heterocycles. The second-order valence-corrected chi connectivity index (χ2v) is 5.34. The van der Waals surface area contributed by atoms with Crippen molar-refractivity contribution in [2.24, 2.45) is 0 Å². The van der Waals surface area contributed by atoms with Crippen LogP contribution in [0.4, 0.5) is 4.79 Å². The number of urea groups is 1. The molecule has 7 nitrogen and oxygen atoms in total. The van der Waals surface area contributed by atoms with Crippen LogP contribution in [0, 0.1) is 0 Å². The molecule has 1 atom stereocenters. The van der Waals surface area contributed by atoms with Crippen molar-refractivity contribution in [2.75, 3.05) is 38.3 Å². The zero-order chi connectivity index (χ0) is 13.3. The summed E-state index contributed by atoms with van der Waals surface area (Å²) in [6, 6.07) is -1.13. The average molecular weight is 273 g/mol. The molecule has 3 amide bonds. The molecule has 1 unspecified atom stereocenters. The van der Waals surface area contributed by atoms with Gasteiger partial charge in [-0.2, -0.15) is 0 Å². The normalized spacial score (nSPS) is 24.6. The molecule has 2 aliphatic rings. The molecule has 0 saturated carbocycles. The van der Waals surface area contributed by atoms with Crippen LogP contribution >= 0.6 is 11.8 Å². The number of thioether (sulfide) groups is 1. The fraction of sp³-hybridized carbons (Fsp3) is 0.700. The number of carbonyl (C=O) groups excluding carboxylic acids is 2. The molecular weight excluding hydrogens is 258 g/mol. The number of hydrogen-bond acceptors (Lipinski definition) is 4. The minimum atomic E-state index is -0.992. The van der Waals surface area contributed by atoms with Crippen LogP contribution in [0.3, 0.4) is 0 Å². The van der Waals surface area contributed by atoms with Gasteiger partial charge in [-0.25, -0.2) is 9.59 Å². The van der Waals surface area contributed by atoms with E-state index in [0.717, 1.165) is 0 Å². The second kappa shape index (κ2) is 5.05. The van der Waals surface area contributed by atoms with Gasteiger partial charge in [0.1, 0.15) is 12.6 Å². The zero-order valence-electron chi connectivity index (χ0n) is 10.0. The van der Waals surface area contributed by atoms with Crippen molar-refractivity contribution in [3.05, 3.63) is 0 Å². The molecule has 0 aromatic heterocycles. The SMILES string of the molecule is CN1CCN(C(=O)N2CSCC2C(=O)O)CC1=O. The van der Waals surface area contributed by atoms with Crippen LogP contribution in [0.5, 0.6) is 0 Å². The Morgan fingerprint density at radius 1 is 1.39 bits per heavy atom. The first-order valence-corrected chi connectivity index (χ1v) is 6.76. The van der Waals surface area contributed by atoms with Gasteiger partial charge in [0.2, 0.25) is 5.91 Å². The van der Waals surface area contributed by atoms with E-state index in [4.69, 9.17) is 5.11 Å². The molecule has 0 bridgehead atoms. The number of piperazine rings is 1. The van der Waals surface area contributed by atoms with Crippen LogP contribution in [-0.2, 0) is 9.59 Å². The Kier molecular flexibility index (Phi) is 3.65. The highest BCUT2D eigenvalue weighted by Gasteiger charge is 2.38. The van der Waals surface area contributed by atoms with Gasteiger partial charge in [0.15, 0.2) is 0 Å². The van der Waals surface area contributed by atoms with Gasteiger partial charge in [-0.15, -0.1) is 11.8 Å². The number of carbonyl (C=O) groups is 3. The first-order chi connectivity index (χ1) is 8.50. The van der Waals surface area contributed by atoms with Crippen molar-refractivity contribution >= 4 is 29.7 Å². The van der Waals surface area contributed by atoms with E-state index in [1.165, 1.54) is 21.6 Å². The Bertz CT molecular complexity index is 389. The molecule has 0 aromatic carbocycles. The van der Waals surface area contributed by atoms with Crippen molar-refractivity contribution in [1.82, 2.24) is 14.7 Å². The van der Waals surface area contributed by atoms with E-state index in [-0.39, 0.29) is 18.5 Å². The van der Waals surface area contributed by atoms with Crippen molar-refractivity contribution in [2.45, 2.75) is 6.04 Å². The summed E-state index contributed by atoms with van der Waals surface area (Å²) in [5, 5.41) is 9.02. The van der Waals surface area contributed by atoms with E-state index in [0.29, 0.717) is 24.7 Å². The second-order valence-electron chi connectivity index (χ2n) is 4.34. The minimum Gasteiger partial charge on any atom is -0.480 e. The van der Waals surface area contributed by atoms with E-state index in [1.54, 1.807) is 11.9 Å². The fourth-order valence-electron chi connectivity index (χ4n) is 1.94. The lowest BCUT2D eigenvalue weighted by molar-refractivity contribution is -0.141. The Labute approximate surface area is 109 Å². The molecule has 8 heteroatoms. The quantitative estimate of drug-likeness (QED) is 0.686. The summed E-state index contributed by atoms with van der Waals surface area (Å²) in [7, 11) is 1.69. The van der Waals surface area contributed by atoms with Crippen molar-refractivity contribution in [3.63, 3.8) is 0 Å². The summed E-state index contributed by atoms with van der Waals surface area (Å²) in [6.45, 7) is 0.973. The summed E-state index contributed by atoms with van der Waals surface area (Å²) < 4.78 is 0. The Balaban J connectivity index is 2.03. The Hall–Kier alpha value is -1.44. The van der Waals surface area contributed by atoms with Gasteiger partial charge in [-0.05, 0) is 0 Å². The fourth-order valence-corrected chi connectivity index (χ4v) is 3.08. The molecule has 0 aliphatic carbocycles. The molecule has 2 fully saturated rings. The topological polar surface area (TPSA) is 81.2 Å². The van der Waals surface area contributed by atoms with E-state index in [9.17, 15) is 14.4 Å².